The summed E-state index contributed by atoms with van der Waals surface area (Å²) in [4.78, 5) is 10.1. The fraction of sp³-hybridized carbons (Fsp3) is 0.303. The number of nitrogens with zero attached hydrogens (tertiary/aromatic N) is 3. The van der Waals surface area contributed by atoms with Gasteiger partial charge < -0.3 is 9.76 Å². The number of aryl methyl sites for hydroxylation is 2. The molecule has 0 saturated carbocycles. The van der Waals surface area contributed by atoms with Gasteiger partial charge in [-0.3, -0.25) is 4.99 Å². The molecule has 0 radical (unpaired) electrons. The molecule has 0 atom stereocenters. The molecule has 0 fully saturated rings. The van der Waals surface area contributed by atoms with E-state index in [-0.39, 0.29) is 27.4 Å². The zero-order chi connectivity index (χ0) is 35.0. The second kappa shape index (κ2) is 18.0. The van der Waals surface area contributed by atoms with E-state index in [1.54, 1.807) is 6.07 Å². The van der Waals surface area contributed by atoms with Gasteiger partial charge in [0.05, 0.1) is 22.8 Å². The van der Waals surface area contributed by atoms with Gasteiger partial charge in [-0.05, 0) is 96.3 Å². The number of halogens is 5. The zero-order valence-corrected chi connectivity index (χ0v) is 29.9. The smallest absolute Gasteiger partial charge is 0.741 e. The number of hydrogen-bond donors (Lipinski definition) is 0. The quantitative estimate of drug-likeness (QED) is 0.0383. The minimum absolute atomic E-state index is 0. The Bertz CT molecular complexity index is 1740. The fourth-order valence-corrected chi connectivity index (χ4v) is 4.67. The Kier molecular flexibility index (Phi) is 16.1. The normalized spacial score (nSPS) is 11.7. The number of hydrogen-bond acceptors (Lipinski definition) is 6. The molecule has 14 heteroatoms. The first-order valence-corrected chi connectivity index (χ1v) is 16.2. The van der Waals surface area contributed by atoms with Crippen molar-refractivity contribution in [1.82, 2.24) is 4.98 Å². The van der Waals surface area contributed by atoms with Crippen molar-refractivity contribution < 1.29 is 47.9 Å². The van der Waals surface area contributed by atoms with Gasteiger partial charge in [0.25, 0.3) is 10.3 Å². The van der Waals surface area contributed by atoms with E-state index in [1.807, 2.05) is 0 Å². The van der Waals surface area contributed by atoms with Gasteiger partial charge in [0.15, 0.2) is 10.1 Å². The van der Waals surface area contributed by atoms with Crippen molar-refractivity contribution in [2.75, 3.05) is 0 Å². The van der Waals surface area contributed by atoms with Crippen LogP contribution in [0.5, 0.6) is 0 Å². The van der Waals surface area contributed by atoms with E-state index in [1.165, 1.54) is 39.9 Å². The number of aromatic nitrogens is 2. The predicted molar refractivity (Wildman–Crippen MR) is 177 cm³/mol. The summed E-state index contributed by atoms with van der Waals surface area (Å²) in [5.74, 6) is 0.850. The summed E-state index contributed by atoms with van der Waals surface area (Å²) in [5.41, 5.74) is 4.64. The number of para-hydroxylation sites is 1. The molecule has 4 aromatic rings. The molecule has 2 aromatic heterocycles. The predicted octanol–water partition coefficient (Wildman–Crippen LogP) is 9.43. The van der Waals surface area contributed by atoms with Gasteiger partial charge in [-0.25, -0.2) is 13.4 Å². The van der Waals surface area contributed by atoms with E-state index in [4.69, 9.17) is 46.1 Å². The number of alkyl halides is 3. The van der Waals surface area contributed by atoms with Gasteiger partial charge >= 0.3 is 22.6 Å². The molecule has 2 aromatic carbocycles. The molecule has 4 rings (SSSR count). The van der Waals surface area contributed by atoms with Crippen molar-refractivity contribution in [1.29, 1.82) is 0 Å². The van der Waals surface area contributed by atoms with Crippen LogP contribution in [0.15, 0.2) is 77.8 Å². The molecule has 258 valence electrons. The largest absolute Gasteiger partial charge is 1.00 e. The third-order valence-corrected chi connectivity index (χ3v) is 7.74. The second-order valence-corrected chi connectivity index (χ2v) is 13.0. The van der Waals surface area contributed by atoms with Gasteiger partial charge in [-0.15, -0.1) is 4.73 Å². The number of aliphatic imine (C=N–C) groups is 1. The Morgan fingerprint density at radius 2 is 1.23 bits per heavy atom. The van der Waals surface area contributed by atoms with Gasteiger partial charge in [-0.2, -0.15) is 13.2 Å². The minimum Gasteiger partial charge on any atom is -0.741 e. The van der Waals surface area contributed by atoms with Crippen molar-refractivity contribution in [2.45, 2.75) is 65.8 Å². The molecule has 0 saturated heterocycles. The average Bonchev–Trinajstić information content (AvgIpc) is 2.95. The summed E-state index contributed by atoms with van der Waals surface area (Å²) in [6.07, 6.45) is 0. The fourth-order valence-electron chi connectivity index (χ4n) is 4.30. The van der Waals surface area contributed by atoms with E-state index in [9.17, 15) is 18.4 Å². The van der Waals surface area contributed by atoms with Crippen LogP contribution in [-0.2, 0) is 27.2 Å². The first-order valence-electron chi connectivity index (χ1n) is 14.0. The number of rotatable bonds is 5. The molecule has 0 amide bonds. The van der Waals surface area contributed by atoms with Gasteiger partial charge in [0.1, 0.15) is 0 Å². The molecule has 0 spiro atoms. The molecule has 2 heterocycles. The maximum atomic E-state index is 10.7. The van der Waals surface area contributed by atoms with Crippen molar-refractivity contribution >= 4 is 44.7 Å². The van der Waals surface area contributed by atoms with E-state index in [0.29, 0.717) is 16.6 Å². The summed E-state index contributed by atoms with van der Waals surface area (Å²) in [5, 5.41) is 10.8. The summed E-state index contributed by atoms with van der Waals surface area (Å²) in [7, 11) is -6.09. The van der Waals surface area contributed by atoms with Crippen LogP contribution >= 0.6 is 23.2 Å². The maximum absolute atomic E-state index is 10.7. The van der Waals surface area contributed by atoms with E-state index < -0.39 is 15.6 Å². The van der Waals surface area contributed by atoms with Gasteiger partial charge in [-0.1, -0.05) is 70.2 Å². The second-order valence-electron chi connectivity index (χ2n) is 10.8. The number of benzene rings is 2. The topological polar surface area (TPSA) is 109 Å². The molecule has 0 unspecified atom stereocenters. The Balaban J connectivity index is 0.000000503. The van der Waals surface area contributed by atoms with Crippen LogP contribution in [0.1, 0.15) is 74.4 Å². The van der Waals surface area contributed by atoms with Gasteiger partial charge in [0.2, 0.25) is 0 Å². The van der Waals surface area contributed by atoms with E-state index in [0.717, 1.165) is 22.8 Å². The minimum atomic E-state index is -6.09. The molecule has 0 aliphatic rings. The molecular weight excluding hydrogens is 726 g/mol. The van der Waals surface area contributed by atoms with Gasteiger partial charge in [0, 0.05) is 17.7 Å². The average molecular weight is 761 g/mol. The van der Waals surface area contributed by atoms with Crippen LogP contribution in [0.2, 0.25) is 10.3 Å². The summed E-state index contributed by atoms with van der Waals surface area (Å²) >= 11 is 10.8. The van der Waals surface area contributed by atoms with Crippen LogP contribution in [0.3, 0.4) is 0 Å². The van der Waals surface area contributed by atoms with E-state index in [2.05, 4.69) is 103 Å². The Hall–Kier alpha value is -2.99. The Labute approximate surface area is 294 Å². The van der Waals surface area contributed by atoms with Crippen molar-refractivity contribution in [3.63, 3.8) is 0 Å². The van der Waals surface area contributed by atoms with Crippen LogP contribution < -0.4 is 4.73 Å². The molecule has 0 aliphatic heterocycles. The van der Waals surface area contributed by atoms with E-state index >= 15 is 0 Å². The first kappa shape index (κ1) is 42.0. The maximum Gasteiger partial charge on any atom is 1.00 e. The summed E-state index contributed by atoms with van der Waals surface area (Å²) in [6.45, 7) is 15.3. The third-order valence-electron chi connectivity index (χ3n) is 6.62. The molecule has 0 aliphatic carbocycles. The molecule has 47 heavy (non-hydrogen) atoms. The first-order chi connectivity index (χ1) is 21.3. The zero-order valence-electron chi connectivity index (χ0n) is 26.7. The van der Waals surface area contributed by atoms with Crippen LogP contribution in [0.4, 0.5) is 18.9 Å². The molecule has 7 nitrogen and oxygen atoms in total. The molecule has 0 N–H and O–H groups in total. The monoisotopic (exact) mass is 759 g/mol. The summed E-state index contributed by atoms with van der Waals surface area (Å²) < 4.78 is 59.4. The summed E-state index contributed by atoms with van der Waals surface area (Å²) in [6, 6.07) is 23.7. The Morgan fingerprint density at radius 3 is 1.64 bits per heavy atom. The molecular formula is C33H35Cl2CuF3N3O4S. The van der Waals surface area contributed by atoms with Crippen molar-refractivity contribution in [2.24, 2.45) is 4.99 Å². The molecule has 0 bridgehead atoms. The Morgan fingerprint density at radius 1 is 0.830 bits per heavy atom. The van der Waals surface area contributed by atoms with Crippen molar-refractivity contribution in [3.8, 4) is 11.3 Å². The SMILES string of the molecule is CC(=Nc1c(C(C)C)cccc1C(C)C)c1cccc(-c2c(C)cccc2C)n1.O=S(=O)([O-])C(F)(F)F.[Cu+].[O-][n+]1c(Cl)cccc1Cl. The van der Waals surface area contributed by atoms with Crippen LogP contribution in [0, 0.1) is 19.1 Å². The van der Waals surface area contributed by atoms with Crippen LogP contribution in [0.25, 0.3) is 11.3 Å². The standard InChI is InChI=1S/C27H32N2.C5H3Cl2NO.CHF3O3S.Cu/c1-17(2)22-13-9-14-23(18(3)4)27(22)28-21(7)24-15-10-16-25(29-24)26-19(5)11-8-12-20(26)6;6-4-2-1-3-5(7)8(4)9;2-1(3,4)8(5,6)7;/h8-18H,1-7H3;1-3H;(H,5,6,7);/q;;;+1/p-1. The van der Waals surface area contributed by atoms with Crippen molar-refractivity contribution in [3.05, 3.63) is 116 Å². The number of pyridine rings is 2. The van der Waals surface area contributed by atoms with Crippen LogP contribution in [-0.4, -0.2) is 29.2 Å². The third kappa shape index (κ3) is 11.9.